The number of thiophene rings is 1. The first-order chi connectivity index (χ1) is 23.7. The van der Waals surface area contributed by atoms with Gasteiger partial charge in [-0.1, -0.05) is 48.6 Å². The van der Waals surface area contributed by atoms with Crippen molar-refractivity contribution in [2.24, 2.45) is 23.7 Å². The van der Waals surface area contributed by atoms with Gasteiger partial charge >= 0.3 is 0 Å². The highest BCUT2D eigenvalue weighted by molar-refractivity contribution is 7.24. The van der Waals surface area contributed by atoms with E-state index in [2.05, 4.69) is 72.9 Å². The Morgan fingerprint density at radius 1 is 0.396 bits per heavy atom. The number of hydrogen-bond donors (Lipinski definition) is 0. The lowest BCUT2D eigenvalue weighted by Gasteiger charge is -2.33. The molecule has 12 aliphatic carbocycles. The highest BCUT2D eigenvalue weighted by atomic mass is 32.1. The lowest BCUT2D eigenvalue weighted by atomic mass is 9.70. The Kier molecular flexibility index (Phi) is 4.84. The van der Waals surface area contributed by atoms with Crippen molar-refractivity contribution in [2.75, 3.05) is 0 Å². The molecule has 3 aromatic heterocycles. The van der Waals surface area contributed by atoms with Crippen LogP contribution in [0.1, 0.15) is 120 Å². The molecule has 0 saturated carbocycles. The van der Waals surface area contributed by atoms with E-state index in [0.29, 0.717) is 47.3 Å². The molecule has 0 spiro atoms. The van der Waals surface area contributed by atoms with E-state index < -0.39 is 0 Å². The van der Waals surface area contributed by atoms with Crippen molar-refractivity contribution >= 4 is 54.2 Å². The van der Waals surface area contributed by atoms with E-state index in [-0.39, 0.29) is 0 Å². The van der Waals surface area contributed by atoms with Crippen molar-refractivity contribution in [1.82, 2.24) is 9.97 Å². The van der Waals surface area contributed by atoms with Crippen molar-refractivity contribution < 1.29 is 4.42 Å². The summed E-state index contributed by atoms with van der Waals surface area (Å²) >= 11 is 2.01. The second-order valence-corrected chi connectivity index (χ2v) is 17.1. The topological polar surface area (TPSA) is 38.9 Å². The largest absolute Gasteiger partial charge is 0.457 e. The first kappa shape index (κ1) is 25.9. The van der Waals surface area contributed by atoms with Gasteiger partial charge in [0.25, 0.3) is 0 Å². The van der Waals surface area contributed by atoms with Crippen LogP contribution in [0.25, 0.3) is 42.9 Å². The Morgan fingerprint density at radius 2 is 0.708 bits per heavy atom. The molecule has 8 unspecified atom stereocenters. The third kappa shape index (κ3) is 3.22. The maximum atomic E-state index is 7.07. The number of nitrogens with zero attached hydrogens (tertiary/aromatic N) is 2. The average Bonchev–Trinajstić information content (AvgIpc) is 3.92. The molecule has 0 radical (unpaired) electrons. The molecule has 5 heterocycles. The van der Waals surface area contributed by atoms with E-state index in [0.717, 1.165) is 22.6 Å². The summed E-state index contributed by atoms with van der Waals surface area (Å²) in [4.78, 5) is 11.1. The third-order valence-electron chi connectivity index (χ3n) is 13.7. The van der Waals surface area contributed by atoms with Crippen LogP contribution in [0.2, 0.25) is 0 Å². The summed E-state index contributed by atoms with van der Waals surface area (Å²) in [5, 5.41) is 0. The van der Waals surface area contributed by atoms with E-state index in [1.54, 1.807) is 11.1 Å². The molecule has 0 aromatic carbocycles. The zero-order valence-electron chi connectivity index (χ0n) is 26.9. The predicted molar refractivity (Wildman–Crippen MR) is 194 cm³/mol. The second kappa shape index (κ2) is 8.95. The molecular formula is C44H36N2OS. The van der Waals surface area contributed by atoms with Crippen molar-refractivity contribution in [3.8, 4) is 0 Å². The molecule has 234 valence electrons. The van der Waals surface area contributed by atoms with Gasteiger partial charge in [0.15, 0.2) is 0 Å². The van der Waals surface area contributed by atoms with Gasteiger partial charge in [0.05, 0.1) is 22.8 Å². The van der Waals surface area contributed by atoms with E-state index in [1.807, 2.05) is 11.3 Å². The molecule has 0 saturated heterocycles. The van der Waals surface area contributed by atoms with E-state index in [4.69, 9.17) is 14.4 Å². The number of fused-ring (bicyclic) bond motifs is 12. The van der Waals surface area contributed by atoms with Gasteiger partial charge in [-0.05, 0) is 96.9 Å². The van der Waals surface area contributed by atoms with Gasteiger partial charge in [-0.15, -0.1) is 11.3 Å². The molecule has 0 fully saturated rings. The summed E-state index contributed by atoms with van der Waals surface area (Å²) in [6, 6.07) is 9.69. The van der Waals surface area contributed by atoms with Gasteiger partial charge in [0.2, 0.25) is 0 Å². The van der Waals surface area contributed by atoms with Crippen LogP contribution < -0.4 is 0 Å². The molecule has 17 rings (SSSR count). The summed E-state index contributed by atoms with van der Waals surface area (Å²) in [6.07, 6.45) is 29.6. The molecule has 3 aromatic rings. The van der Waals surface area contributed by atoms with Gasteiger partial charge in [-0.25, -0.2) is 9.97 Å². The van der Waals surface area contributed by atoms with Crippen molar-refractivity contribution in [2.45, 2.75) is 75.0 Å². The zero-order chi connectivity index (χ0) is 30.8. The molecular weight excluding hydrogens is 605 g/mol. The minimum atomic E-state index is 0.418. The maximum absolute atomic E-state index is 7.07. The highest BCUT2D eigenvalue weighted by Gasteiger charge is 2.41. The van der Waals surface area contributed by atoms with Crippen LogP contribution in [0, 0.1) is 23.7 Å². The number of furan rings is 1. The van der Waals surface area contributed by atoms with Crippen LogP contribution in [0.5, 0.6) is 0 Å². The summed E-state index contributed by atoms with van der Waals surface area (Å²) in [5.41, 5.74) is 18.6. The second-order valence-electron chi connectivity index (χ2n) is 16.0. The first-order valence-electron chi connectivity index (χ1n) is 18.6. The normalized spacial score (nSPS) is 33.5. The molecule has 0 N–H and O–H groups in total. The first-order valence-corrected chi connectivity index (χ1v) is 19.4. The fraction of sp³-hybridized carbons (Fsp3) is 0.364. The fourth-order valence-electron chi connectivity index (χ4n) is 11.7. The molecule has 16 bridgehead atoms. The molecule has 2 aliphatic heterocycles. The van der Waals surface area contributed by atoms with E-state index >= 15 is 0 Å². The van der Waals surface area contributed by atoms with Crippen LogP contribution in [0.3, 0.4) is 0 Å². The van der Waals surface area contributed by atoms with Crippen LogP contribution in [0.4, 0.5) is 0 Å². The number of allylic oxidation sites excluding steroid dienone is 12. The van der Waals surface area contributed by atoms with Crippen molar-refractivity contribution in [3.05, 3.63) is 118 Å². The molecule has 14 aliphatic rings. The molecule has 48 heavy (non-hydrogen) atoms. The monoisotopic (exact) mass is 640 g/mol. The van der Waals surface area contributed by atoms with Crippen molar-refractivity contribution in [1.29, 1.82) is 0 Å². The van der Waals surface area contributed by atoms with Gasteiger partial charge in [-0.3, -0.25) is 0 Å². The summed E-state index contributed by atoms with van der Waals surface area (Å²) in [6.45, 7) is 0. The predicted octanol–water partition coefficient (Wildman–Crippen LogP) is 11.4. The zero-order valence-corrected chi connectivity index (χ0v) is 27.7. The molecule has 8 atom stereocenters. The number of hydrogen-bond acceptors (Lipinski definition) is 4. The summed E-state index contributed by atoms with van der Waals surface area (Å²) in [5.74, 6) is 3.66. The number of aromatic nitrogens is 2. The SMILES string of the molecule is C1=CC2CCC1C1=C2c2cc3sc(cc4nc(cc5oc(cc1n2)c1c5C2C=CC1CC2)C1=C4C2C=CC1CC2)c1c3C2C=CC1CC2. The smallest absolute Gasteiger partial charge is 0.133 e. The molecule has 3 nitrogen and oxygen atoms in total. The Bertz CT molecular complexity index is 2100. The van der Waals surface area contributed by atoms with Crippen LogP contribution in [0.15, 0.2) is 77.3 Å². The fourth-order valence-corrected chi connectivity index (χ4v) is 13.0. The van der Waals surface area contributed by atoms with Crippen molar-refractivity contribution in [3.63, 3.8) is 0 Å². The summed E-state index contributed by atoms with van der Waals surface area (Å²) < 4.78 is 9.92. The van der Waals surface area contributed by atoms with Gasteiger partial charge in [-0.2, -0.15) is 0 Å². The van der Waals surface area contributed by atoms with E-state index in [9.17, 15) is 0 Å². The highest BCUT2D eigenvalue weighted by Crippen LogP contribution is 2.57. The standard InChI is InChI=1S/C44H36N2OS/c1-5-23-6-2-21(1)37-29-17-33-41-25-9-11-26(12-10-25)42(41)34(47-33)18-30-38-22-3-7-24(8-4-22)40(38)32(46-30)20-36-44-28-15-13-27(14-16-28)43(44)35(48-36)19-31(45-29)39(23)37/h1,3,5,7,9,11,13,15,17-28H,2,4,6,8,10,12,14,16H2. The summed E-state index contributed by atoms with van der Waals surface area (Å²) in [7, 11) is 0. The van der Waals surface area contributed by atoms with Gasteiger partial charge in [0, 0.05) is 80.0 Å². The van der Waals surface area contributed by atoms with Gasteiger partial charge < -0.3 is 4.42 Å². The van der Waals surface area contributed by atoms with Crippen LogP contribution in [-0.2, 0) is 0 Å². The lowest BCUT2D eigenvalue weighted by molar-refractivity contribution is 0.557. The minimum absolute atomic E-state index is 0.418. The molecule has 0 amide bonds. The quantitative estimate of drug-likeness (QED) is 0.230. The maximum Gasteiger partial charge on any atom is 0.133 e. The Morgan fingerprint density at radius 3 is 1.06 bits per heavy atom. The van der Waals surface area contributed by atoms with E-state index in [1.165, 1.54) is 106 Å². The Hall–Kier alpha value is -4.02. The Balaban J connectivity index is 1.19. The molecule has 4 heteroatoms. The van der Waals surface area contributed by atoms with Crippen LogP contribution in [-0.4, -0.2) is 9.97 Å². The number of rotatable bonds is 0. The average molecular weight is 641 g/mol. The Labute approximate surface area is 284 Å². The van der Waals surface area contributed by atoms with Gasteiger partial charge in [0.1, 0.15) is 11.2 Å². The minimum Gasteiger partial charge on any atom is -0.457 e. The lowest BCUT2D eigenvalue weighted by Crippen LogP contribution is -2.18. The third-order valence-corrected chi connectivity index (χ3v) is 14.9. The van der Waals surface area contributed by atoms with Crippen LogP contribution >= 0.6 is 11.3 Å².